The van der Waals surface area contributed by atoms with E-state index in [1.807, 2.05) is 4.90 Å². The van der Waals surface area contributed by atoms with Crippen LogP contribution >= 0.6 is 23.2 Å². The van der Waals surface area contributed by atoms with Gasteiger partial charge in [0.05, 0.1) is 6.04 Å². The first kappa shape index (κ1) is 13.0. The SMILES string of the molecule is CCC1C2=CC=CCC2CCN1C(=O)C(Cl)Cl. The van der Waals surface area contributed by atoms with Gasteiger partial charge >= 0.3 is 0 Å². The van der Waals surface area contributed by atoms with E-state index in [2.05, 4.69) is 25.2 Å². The second-order valence-corrected chi connectivity index (χ2v) is 5.67. The highest BCUT2D eigenvalue weighted by molar-refractivity contribution is 6.53. The Kier molecular flexibility index (Phi) is 4.16. The fourth-order valence-electron chi connectivity index (χ4n) is 2.84. The van der Waals surface area contributed by atoms with Crippen LogP contribution in [0.1, 0.15) is 26.2 Å². The first-order valence-electron chi connectivity index (χ1n) is 6.10. The van der Waals surface area contributed by atoms with Crippen LogP contribution in [0.2, 0.25) is 0 Å². The Morgan fingerprint density at radius 2 is 2.35 bits per heavy atom. The van der Waals surface area contributed by atoms with Gasteiger partial charge in [0.1, 0.15) is 0 Å². The van der Waals surface area contributed by atoms with Crippen molar-refractivity contribution in [3.63, 3.8) is 0 Å². The minimum absolute atomic E-state index is 0.158. The molecule has 1 fully saturated rings. The van der Waals surface area contributed by atoms with Crippen LogP contribution < -0.4 is 0 Å². The molecule has 2 atom stereocenters. The second-order valence-electron chi connectivity index (χ2n) is 4.57. The van der Waals surface area contributed by atoms with Crippen LogP contribution in [0.4, 0.5) is 0 Å². The molecule has 0 aromatic heterocycles. The molecule has 0 bridgehead atoms. The van der Waals surface area contributed by atoms with Crippen molar-refractivity contribution in [3.8, 4) is 0 Å². The lowest BCUT2D eigenvalue weighted by molar-refractivity contribution is -0.132. The summed E-state index contributed by atoms with van der Waals surface area (Å²) in [6.07, 6.45) is 9.46. The van der Waals surface area contributed by atoms with Gasteiger partial charge in [-0.2, -0.15) is 0 Å². The van der Waals surface area contributed by atoms with Crippen molar-refractivity contribution in [2.24, 2.45) is 5.92 Å². The molecule has 1 saturated heterocycles. The van der Waals surface area contributed by atoms with E-state index in [4.69, 9.17) is 23.2 Å². The number of piperidine rings is 1. The Bertz CT molecular complexity index is 362. The maximum atomic E-state index is 12.0. The predicted octanol–water partition coefficient (Wildman–Crippen LogP) is 3.30. The Labute approximate surface area is 112 Å². The highest BCUT2D eigenvalue weighted by atomic mass is 35.5. The largest absolute Gasteiger partial charge is 0.334 e. The normalized spacial score (nSPS) is 28.0. The number of carbonyl (C=O) groups is 1. The number of carbonyl (C=O) groups excluding carboxylic acids is 1. The van der Waals surface area contributed by atoms with E-state index in [1.165, 1.54) is 5.57 Å². The summed E-state index contributed by atoms with van der Waals surface area (Å²) in [5.74, 6) is 0.437. The molecule has 0 aromatic carbocycles. The molecule has 1 heterocycles. The van der Waals surface area contributed by atoms with Crippen molar-refractivity contribution in [3.05, 3.63) is 23.8 Å². The molecule has 2 nitrogen and oxygen atoms in total. The van der Waals surface area contributed by atoms with E-state index in [-0.39, 0.29) is 11.9 Å². The van der Waals surface area contributed by atoms with E-state index >= 15 is 0 Å². The molecule has 0 radical (unpaired) electrons. The minimum atomic E-state index is -0.944. The lowest BCUT2D eigenvalue weighted by Gasteiger charge is -2.42. The second kappa shape index (κ2) is 5.45. The van der Waals surface area contributed by atoms with E-state index in [0.29, 0.717) is 5.92 Å². The van der Waals surface area contributed by atoms with Crippen LogP contribution in [0.15, 0.2) is 23.8 Å². The van der Waals surface area contributed by atoms with Gasteiger partial charge in [-0.25, -0.2) is 0 Å². The van der Waals surface area contributed by atoms with Gasteiger partial charge in [-0.3, -0.25) is 4.79 Å². The Hall–Kier alpha value is -0.470. The monoisotopic (exact) mass is 273 g/mol. The van der Waals surface area contributed by atoms with Gasteiger partial charge in [0.2, 0.25) is 0 Å². The van der Waals surface area contributed by atoms with Crippen LogP contribution in [0.3, 0.4) is 0 Å². The number of alkyl halides is 2. The molecule has 2 rings (SSSR count). The molecular weight excluding hydrogens is 257 g/mol. The van der Waals surface area contributed by atoms with E-state index < -0.39 is 4.84 Å². The summed E-state index contributed by atoms with van der Waals surface area (Å²) in [5, 5.41) is 0. The summed E-state index contributed by atoms with van der Waals surface area (Å²) >= 11 is 11.4. The fraction of sp³-hybridized carbons (Fsp3) is 0.615. The van der Waals surface area contributed by atoms with Crippen LogP contribution in [0.25, 0.3) is 0 Å². The van der Waals surface area contributed by atoms with Gasteiger partial charge in [0, 0.05) is 6.54 Å². The van der Waals surface area contributed by atoms with Gasteiger partial charge in [-0.1, -0.05) is 48.4 Å². The summed E-state index contributed by atoms with van der Waals surface area (Å²) in [5.41, 5.74) is 1.36. The molecule has 1 amide bonds. The average Bonchev–Trinajstić information content (AvgIpc) is 2.36. The third kappa shape index (κ3) is 2.53. The number of likely N-dealkylation sites (tertiary alicyclic amines) is 1. The molecule has 1 aliphatic heterocycles. The minimum Gasteiger partial charge on any atom is -0.334 e. The third-order valence-electron chi connectivity index (χ3n) is 3.65. The lowest BCUT2D eigenvalue weighted by Crippen LogP contribution is -2.49. The Balaban J connectivity index is 2.22. The summed E-state index contributed by atoms with van der Waals surface area (Å²) in [7, 11) is 0. The van der Waals surface area contributed by atoms with Crippen molar-refractivity contribution in [1.29, 1.82) is 0 Å². The average molecular weight is 274 g/mol. The molecule has 4 heteroatoms. The number of fused-ring (bicyclic) bond motifs is 1. The van der Waals surface area contributed by atoms with Gasteiger partial charge in [-0.15, -0.1) is 0 Å². The summed E-state index contributed by atoms with van der Waals surface area (Å²) in [6, 6.07) is 0.172. The van der Waals surface area contributed by atoms with Gasteiger partial charge in [-0.05, 0) is 30.8 Å². The molecule has 94 valence electrons. The number of halogens is 2. The molecule has 2 aliphatic rings. The van der Waals surface area contributed by atoms with E-state index in [9.17, 15) is 4.79 Å². The molecule has 17 heavy (non-hydrogen) atoms. The van der Waals surface area contributed by atoms with Gasteiger partial charge < -0.3 is 4.90 Å². The molecule has 0 saturated carbocycles. The fourth-order valence-corrected chi connectivity index (χ4v) is 3.09. The van der Waals surface area contributed by atoms with Crippen LogP contribution in [0, 0.1) is 5.92 Å². The highest BCUT2D eigenvalue weighted by Gasteiger charge is 2.36. The van der Waals surface area contributed by atoms with Crippen molar-refractivity contribution in [2.45, 2.75) is 37.1 Å². The van der Waals surface area contributed by atoms with Crippen molar-refractivity contribution in [2.75, 3.05) is 6.54 Å². The van der Waals surface area contributed by atoms with Crippen molar-refractivity contribution in [1.82, 2.24) is 4.90 Å². The maximum absolute atomic E-state index is 12.0. The summed E-state index contributed by atoms with van der Waals surface area (Å²) in [6.45, 7) is 2.87. The molecule has 0 aromatic rings. The topological polar surface area (TPSA) is 20.3 Å². The number of allylic oxidation sites excluding steroid dienone is 3. The smallest absolute Gasteiger partial charge is 0.256 e. The number of hydrogen-bond donors (Lipinski definition) is 0. The third-order valence-corrected chi connectivity index (χ3v) is 4.03. The molecule has 2 unspecified atom stereocenters. The lowest BCUT2D eigenvalue weighted by atomic mass is 9.79. The standard InChI is InChI=1S/C13H17Cl2NO/c1-2-11-10-6-4-3-5-9(10)7-8-16(11)13(17)12(14)15/h3-4,6,9,11-12H,2,5,7-8H2,1H3. The van der Waals surface area contributed by atoms with Gasteiger partial charge in [0.15, 0.2) is 4.84 Å². The zero-order valence-electron chi connectivity index (χ0n) is 9.90. The van der Waals surface area contributed by atoms with Gasteiger partial charge in [0.25, 0.3) is 5.91 Å². The zero-order chi connectivity index (χ0) is 12.4. The molecule has 1 aliphatic carbocycles. The molecular formula is C13H17Cl2NO. The zero-order valence-corrected chi connectivity index (χ0v) is 11.4. The Morgan fingerprint density at radius 1 is 1.59 bits per heavy atom. The summed E-state index contributed by atoms with van der Waals surface area (Å²) < 4.78 is 0. The van der Waals surface area contributed by atoms with Crippen LogP contribution in [-0.4, -0.2) is 28.2 Å². The maximum Gasteiger partial charge on any atom is 0.256 e. The van der Waals surface area contributed by atoms with Crippen molar-refractivity contribution >= 4 is 29.1 Å². The highest BCUT2D eigenvalue weighted by Crippen LogP contribution is 2.35. The van der Waals surface area contributed by atoms with E-state index in [1.54, 1.807) is 0 Å². The number of rotatable bonds is 2. The van der Waals surface area contributed by atoms with Crippen LogP contribution in [-0.2, 0) is 4.79 Å². The molecule has 0 spiro atoms. The predicted molar refractivity (Wildman–Crippen MR) is 71.2 cm³/mol. The molecule has 0 N–H and O–H groups in total. The number of amides is 1. The van der Waals surface area contributed by atoms with Crippen LogP contribution in [0.5, 0.6) is 0 Å². The quantitative estimate of drug-likeness (QED) is 0.707. The Morgan fingerprint density at radius 3 is 3.00 bits per heavy atom. The van der Waals surface area contributed by atoms with E-state index in [0.717, 1.165) is 25.8 Å². The summed E-state index contributed by atoms with van der Waals surface area (Å²) in [4.78, 5) is 12.9. The number of hydrogen-bond acceptors (Lipinski definition) is 1. The first-order valence-corrected chi connectivity index (χ1v) is 6.97. The van der Waals surface area contributed by atoms with Crippen molar-refractivity contribution < 1.29 is 4.79 Å². The first-order chi connectivity index (χ1) is 8.15. The number of nitrogens with zero attached hydrogens (tertiary/aromatic N) is 1.